The van der Waals surface area contributed by atoms with Crippen molar-refractivity contribution in [1.82, 2.24) is 0 Å². The lowest BCUT2D eigenvalue weighted by atomic mass is 9.48. The van der Waals surface area contributed by atoms with Crippen LogP contribution in [0.1, 0.15) is 49.7 Å². The zero-order chi connectivity index (χ0) is 13.2. The normalized spacial score (nSPS) is 39.7. The molecular weight excluding hydrogens is 236 g/mol. The molecule has 2 nitrogen and oxygen atoms in total. The summed E-state index contributed by atoms with van der Waals surface area (Å²) in [4.78, 5) is 0. The highest BCUT2D eigenvalue weighted by Gasteiger charge is 2.53. The standard InChI is InChI=1S/C17H22O2/c1-10-2-3-14(18)15(16(10)19)17-7-11-4-12(8-17)6-13(5-11)9-17/h2-3,11-13,18-19H,4-9H2,1H3. The Hall–Kier alpha value is -1.18. The van der Waals surface area contributed by atoms with Crippen molar-refractivity contribution in [3.05, 3.63) is 23.3 Å². The van der Waals surface area contributed by atoms with Gasteiger partial charge in [-0.05, 0) is 74.8 Å². The molecule has 0 amide bonds. The molecular formula is C17H22O2. The number of aromatic hydroxyl groups is 2. The number of phenolic OH excluding ortho intramolecular Hbond substituents is 2. The maximum Gasteiger partial charge on any atom is 0.125 e. The summed E-state index contributed by atoms with van der Waals surface area (Å²) in [5.74, 6) is 3.13. The average molecular weight is 258 g/mol. The Morgan fingerprint density at radius 3 is 2.00 bits per heavy atom. The smallest absolute Gasteiger partial charge is 0.125 e. The van der Waals surface area contributed by atoms with Gasteiger partial charge in [-0.25, -0.2) is 0 Å². The van der Waals surface area contributed by atoms with Crippen LogP contribution < -0.4 is 0 Å². The molecule has 4 bridgehead atoms. The van der Waals surface area contributed by atoms with Gasteiger partial charge in [-0.2, -0.15) is 0 Å². The predicted octanol–water partition coefficient (Wildman–Crippen LogP) is 3.87. The summed E-state index contributed by atoms with van der Waals surface area (Å²) >= 11 is 0. The number of phenols is 2. The number of hydrogen-bond acceptors (Lipinski definition) is 2. The van der Waals surface area contributed by atoms with Crippen LogP contribution in [-0.2, 0) is 5.41 Å². The van der Waals surface area contributed by atoms with Gasteiger partial charge in [0.1, 0.15) is 11.5 Å². The van der Waals surface area contributed by atoms with Crippen LogP contribution in [0.3, 0.4) is 0 Å². The molecule has 5 rings (SSSR count). The van der Waals surface area contributed by atoms with Crippen molar-refractivity contribution in [2.75, 3.05) is 0 Å². The van der Waals surface area contributed by atoms with Crippen molar-refractivity contribution in [3.8, 4) is 11.5 Å². The zero-order valence-electron chi connectivity index (χ0n) is 11.5. The fraction of sp³-hybridized carbons (Fsp3) is 0.647. The minimum Gasteiger partial charge on any atom is -0.508 e. The van der Waals surface area contributed by atoms with Crippen molar-refractivity contribution in [1.29, 1.82) is 0 Å². The molecule has 19 heavy (non-hydrogen) atoms. The Bertz CT molecular complexity index is 497. The first-order chi connectivity index (χ1) is 9.07. The van der Waals surface area contributed by atoms with Crippen molar-refractivity contribution >= 4 is 0 Å². The van der Waals surface area contributed by atoms with Crippen LogP contribution in [-0.4, -0.2) is 10.2 Å². The van der Waals surface area contributed by atoms with Crippen molar-refractivity contribution < 1.29 is 10.2 Å². The van der Waals surface area contributed by atoms with Gasteiger partial charge in [0.15, 0.2) is 0 Å². The second-order valence-corrected chi connectivity index (χ2v) is 7.32. The van der Waals surface area contributed by atoms with Crippen LogP contribution in [0.5, 0.6) is 11.5 Å². The predicted molar refractivity (Wildman–Crippen MR) is 74.4 cm³/mol. The lowest BCUT2D eigenvalue weighted by molar-refractivity contribution is -0.00715. The minimum absolute atomic E-state index is 0.0644. The van der Waals surface area contributed by atoms with Crippen LogP contribution in [0.25, 0.3) is 0 Å². The average Bonchev–Trinajstić information content (AvgIpc) is 2.32. The van der Waals surface area contributed by atoms with Gasteiger partial charge in [0.05, 0.1) is 0 Å². The number of benzene rings is 1. The van der Waals surface area contributed by atoms with Gasteiger partial charge < -0.3 is 10.2 Å². The summed E-state index contributed by atoms with van der Waals surface area (Å²) in [6.07, 6.45) is 7.66. The molecule has 0 heterocycles. The topological polar surface area (TPSA) is 40.5 Å². The van der Waals surface area contributed by atoms with E-state index in [-0.39, 0.29) is 5.41 Å². The highest BCUT2D eigenvalue weighted by molar-refractivity contribution is 5.53. The fourth-order valence-electron chi connectivity index (χ4n) is 5.62. The maximum absolute atomic E-state index is 10.5. The van der Waals surface area contributed by atoms with Crippen LogP contribution in [0.4, 0.5) is 0 Å². The quantitative estimate of drug-likeness (QED) is 0.802. The summed E-state index contributed by atoms with van der Waals surface area (Å²) in [6.45, 7) is 1.93. The first kappa shape index (κ1) is 11.6. The third-order valence-corrected chi connectivity index (χ3v) is 5.93. The Morgan fingerprint density at radius 2 is 1.47 bits per heavy atom. The van der Waals surface area contributed by atoms with E-state index in [1.54, 1.807) is 6.07 Å². The van der Waals surface area contributed by atoms with E-state index in [1.807, 2.05) is 13.0 Å². The molecule has 2 N–H and O–H groups in total. The lowest BCUT2D eigenvalue weighted by Gasteiger charge is -2.57. The molecule has 4 fully saturated rings. The van der Waals surface area contributed by atoms with Crippen molar-refractivity contribution in [2.45, 2.75) is 50.9 Å². The zero-order valence-corrected chi connectivity index (χ0v) is 11.5. The molecule has 0 saturated heterocycles. The summed E-state index contributed by atoms with van der Waals surface area (Å²) in [5, 5.41) is 20.8. The van der Waals surface area contributed by atoms with E-state index < -0.39 is 0 Å². The number of rotatable bonds is 1. The maximum atomic E-state index is 10.5. The largest absolute Gasteiger partial charge is 0.508 e. The molecule has 1 aromatic rings. The molecule has 0 atom stereocenters. The lowest BCUT2D eigenvalue weighted by Crippen LogP contribution is -2.48. The molecule has 4 aliphatic carbocycles. The van der Waals surface area contributed by atoms with Gasteiger partial charge in [0.25, 0.3) is 0 Å². The highest BCUT2D eigenvalue weighted by Crippen LogP contribution is 2.63. The van der Waals surface area contributed by atoms with Gasteiger partial charge >= 0.3 is 0 Å². The van der Waals surface area contributed by atoms with E-state index in [1.165, 1.54) is 38.5 Å². The number of hydrogen-bond donors (Lipinski definition) is 2. The Balaban J connectivity index is 1.86. The van der Waals surface area contributed by atoms with E-state index in [4.69, 9.17) is 0 Å². The fourth-order valence-corrected chi connectivity index (χ4v) is 5.62. The van der Waals surface area contributed by atoms with E-state index >= 15 is 0 Å². The van der Waals surface area contributed by atoms with Gasteiger partial charge in [-0.15, -0.1) is 0 Å². The van der Waals surface area contributed by atoms with Crippen LogP contribution in [0.15, 0.2) is 12.1 Å². The minimum atomic E-state index is 0.0644. The summed E-state index contributed by atoms with van der Waals surface area (Å²) in [5.41, 5.74) is 1.82. The Morgan fingerprint density at radius 1 is 0.947 bits per heavy atom. The number of aryl methyl sites for hydroxylation is 1. The van der Waals surface area contributed by atoms with Gasteiger partial charge in [0.2, 0.25) is 0 Å². The second-order valence-electron chi connectivity index (χ2n) is 7.32. The third-order valence-electron chi connectivity index (χ3n) is 5.93. The highest BCUT2D eigenvalue weighted by atomic mass is 16.3. The van der Waals surface area contributed by atoms with E-state index in [9.17, 15) is 10.2 Å². The van der Waals surface area contributed by atoms with Gasteiger partial charge in [-0.1, -0.05) is 6.07 Å². The first-order valence-electron chi connectivity index (χ1n) is 7.59. The van der Waals surface area contributed by atoms with E-state index in [0.717, 1.165) is 28.9 Å². The summed E-state index contributed by atoms with van der Waals surface area (Å²) < 4.78 is 0. The molecule has 0 spiro atoms. The molecule has 102 valence electrons. The van der Waals surface area contributed by atoms with Gasteiger partial charge in [0, 0.05) is 11.0 Å². The first-order valence-corrected chi connectivity index (χ1v) is 7.59. The molecule has 0 radical (unpaired) electrons. The second kappa shape index (κ2) is 3.68. The molecule has 4 aliphatic rings. The van der Waals surface area contributed by atoms with Crippen LogP contribution >= 0.6 is 0 Å². The SMILES string of the molecule is Cc1ccc(O)c(C23CC4CC(CC(C4)C2)C3)c1O. The molecule has 0 aromatic heterocycles. The molecule has 4 saturated carbocycles. The van der Waals surface area contributed by atoms with Crippen LogP contribution in [0.2, 0.25) is 0 Å². The summed E-state index contributed by atoms with van der Waals surface area (Å²) in [7, 11) is 0. The van der Waals surface area contributed by atoms with E-state index in [0.29, 0.717) is 11.5 Å². The molecule has 1 aromatic carbocycles. The summed E-state index contributed by atoms with van der Waals surface area (Å²) in [6, 6.07) is 3.58. The molecule has 2 heteroatoms. The Kier molecular flexibility index (Phi) is 2.25. The van der Waals surface area contributed by atoms with Crippen molar-refractivity contribution in [2.24, 2.45) is 17.8 Å². The van der Waals surface area contributed by atoms with Crippen molar-refractivity contribution in [3.63, 3.8) is 0 Å². The Labute approximate surface area is 114 Å². The van der Waals surface area contributed by atoms with Gasteiger partial charge in [-0.3, -0.25) is 0 Å². The van der Waals surface area contributed by atoms with Crippen LogP contribution in [0, 0.1) is 24.7 Å². The third kappa shape index (κ3) is 1.55. The molecule has 0 unspecified atom stereocenters. The van der Waals surface area contributed by atoms with E-state index in [2.05, 4.69) is 0 Å². The molecule has 0 aliphatic heterocycles. The monoisotopic (exact) mass is 258 g/mol.